The molecule has 3 rings (SSSR count). The van der Waals surface area contributed by atoms with Gasteiger partial charge >= 0.3 is 17.1 Å². The fourth-order valence-corrected chi connectivity index (χ4v) is 1.50. The van der Waals surface area contributed by atoms with Crippen LogP contribution in [0.15, 0.2) is 67.0 Å². The first-order chi connectivity index (χ1) is 8.36. The second kappa shape index (κ2) is 7.83. The van der Waals surface area contributed by atoms with Crippen molar-refractivity contribution >= 4 is 11.6 Å². The average molecular weight is 299 g/mol. The third kappa shape index (κ3) is 4.46. The Bertz CT molecular complexity index is 515. The van der Waals surface area contributed by atoms with E-state index < -0.39 is 0 Å². The van der Waals surface area contributed by atoms with Crippen molar-refractivity contribution in [1.82, 2.24) is 9.97 Å². The number of hydrogen-bond acceptors (Lipinski definition) is 2. The number of halogens is 1. The standard InChI is InChI=1S/C9H6ClN2.C5H5.Fe/c10-9-5-8(11-6-12-9)7-3-1-2-4-7;1-2-4-5-3-1;/h1-6H;1-5H;/q2*-1;+2. The summed E-state index contributed by atoms with van der Waals surface area (Å²) in [5.74, 6) is 0. The van der Waals surface area contributed by atoms with E-state index in [4.69, 9.17) is 11.6 Å². The normalized spacial score (nSPS) is 8.94. The molecule has 1 heterocycles. The number of aromatic nitrogens is 2. The Labute approximate surface area is 122 Å². The van der Waals surface area contributed by atoms with E-state index in [-0.39, 0.29) is 17.1 Å². The van der Waals surface area contributed by atoms with Gasteiger partial charge in [-0.2, -0.15) is 30.3 Å². The van der Waals surface area contributed by atoms with Gasteiger partial charge in [0.1, 0.15) is 6.33 Å². The Morgan fingerprint density at radius 1 is 1.00 bits per heavy atom. The zero-order valence-electron chi connectivity index (χ0n) is 9.48. The molecule has 0 spiro atoms. The molecule has 3 aromatic rings. The van der Waals surface area contributed by atoms with Crippen LogP contribution in [0.25, 0.3) is 11.3 Å². The van der Waals surface area contributed by atoms with Crippen LogP contribution in [0.4, 0.5) is 0 Å². The third-order valence-electron chi connectivity index (χ3n) is 2.15. The van der Waals surface area contributed by atoms with E-state index in [9.17, 15) is 0 Å². The van der Waals surface area contributed by atoms with Gasteiger partial charge in [-0.3, -0.25) is 4.98 Å². The number of rotatable bonds is 1. The molecule has 0 amide bonds. The van der Waals surface area contributed by atoms with Gasteiger partial charge in [-0.05, 0) is 5.69 Å². The quantitative estimate of drug-likeness (QED) is 0.386. The Balaban J connectivity index is 0.000000230. The minimum Gasteiger partial charge on any atom is -0.256 e. The molecule has 18 heavy (non-hydrogen) atoms. The van der Waals surface area contributed by atoms with Crippen LogP contribution in [0.3, 0.4) is 0 Å². The monoisotopic (exact) mass is 298 g/mol. The molecule has 0 N–H and O–H groups in total. The van der Waals surface area contributed by atoms with Gasteiger partial charge in [0.2, 0.25) is 0 Å². The largest absolute Gasteiger partial charge is 2.00 e. The summed E-state index contributed by atoms with van der Waals surface area (Å²) in [7, 11) is 0. The Kier molecular flexibility index (Phi) is 6.37. The second-order valence-electron chi connectivity index (χ2n) is 3.36. The molecule has 0 aliphatic heterocycles. The number of nitrogens with zero attached hydrogens (tertiary/aromatic N) is 2. The van der Waals surface area contributed by atoms with Crippen LogP contribution in [0.5, 0.6) is 0 Å². The van der Waals surface area contributed by atoms with Gasteiger partial charge in [0, 0.05) is 0 Å². The van der Waals surface area contributed by atoms with Crippen LogP contribution < -0.4 is 0 Å². The van der Waals surface area contributed by atoms with E-state index in [1.807, 2.05) is 54.6 Å². The van der Waals surface area contributed by atoms with Gasteiger partial charge in [0.15, 0.2) is 0 Å². The van der Waals surface area contributed by atoms with Gasteiger partial charge in [0.05, 0.1) is 5.15 Å². The molecule has 2 aromatic carbocycles. The van der Waals surface area contributed by atoms with Crippen LogP contribution in [0, 0.1) is 0 Å². The molecule has 0 aliphatic carbocycles. The summed E-state index contributed by atoms with van der Waals surface area (Å²) >= 11 is 5.71. The summed E-state index contributed by atoms with van der Waals surface area (Å²) in [5.41, 5.74) is 1.93. The molecule has 0 radical (unpaired) electrons. The second-order valence-corrected chi connectivity index (χ2v) is 3.75. The summed E-state index contributed by atoms with van der Waals surface area (Å²) in [5, 5.41) is 0.473. The zero-order valence-corrected chi connectivity index (χ0v) is 11.3. The smallest absolute Gasteiger partial charge is 0.256 e. The van der Waals surface area contributed by atoms with Crippen molar-refractivity contribution in [2.24, 2.45) is 0 Å². The maximum Gasteiger partial charge on any atom is 2.00 e. The molecule has 0 aliphatic rings. The summed E-state index contributed by atoms with van der Waals surface area (Å²) < 4.78 is 0. The van der Waals surface area contributed by atoms with Gasteiger partial charge in [-0.25, -0.2) is 17.1 Å². The maximum atomic E-state index is 5.71. The topological polar surface area (TPSA) is 25.8 Å². The van der Waals surface area contributed by atoms with Crippen LogP contribution in [-0.4, -0.2) is 9.97 Å². The van der Waals surface area contributed by atoms with E-state index in [1.54, 1.807) is 6.07 Å². The van der Waals surface area contributed by atoms with E-state index in [0.717, 1.165) is 11.3 Å². The van der Waals surface area contributed by atoms with E-state index in [2.05, 4.69) is 9.97 Å². The maximum absolute atomic E-state index is 5.71. The summed E-state index contributed by atoms with van der Waals surface area (Å²) in [6.07, 6.45) is 1.46. The molecule has 1 aromatic heterocycles. The molecule has 0 fully saturated rings. The molecule has 0 atom stereocenters. The van der Waals surface area contributed by atoms with Crippen LogP contribution in [-0.2, 0) is 17.1 Å². The Morgan fingerprint density at radius 2 is 1.67 bits per heavy atom. The van der Waals surface area contributed by atoms with Crippen molar-refractivity contribution in [2.75, 3.05) is 0 Å². The minimum atomic E-state index is 0. The van der Waals surface area contributed by atoms with Gasteiger partial charge in [-0.1, -0.05) is 23.2 Å². The van der Waals surface area contributed by atoms with E-state index in [0.29, 0.717) is 5.15 Å². The van der Waals surface area contributed by atoms with Crippen LogP contribution in [0.2, 0.25) is 5.15 Å². The van der Waals surface area contributed by atoms with Crippen molar-refractivity contribution < 1.29 is 17.1 Å². The first-order valence-corrected chi connectivity index (χ1v) is 5.60. The SMILES string of the molecule is Clc1cc(-[c-]2cccc2)ncn1.[Fe+2].c1cc[cH-]c1. The summed E-state index contributed by atoms with van der Waals surface area (Å²) in [6, 6.07) is 19.6. The van der Waals surface area contributed by atoms with E-state index >= 15 is 0 Å². The first kappa shape index (κ1) is 14.6. The summed E-state index contributed by atoms with van der Waals surface area (Å²) in [6.45, 7) is 0. The van der Waals surface area contributed by atoms with Crippen molar-refractivity contribution in [3.8, 4) is 11.3 Å². The Hall–Kier alpha value is -1.41. The fourth-order valence-electron chi connectivity index (χ4n) is 1.36. The molecule has 2 nitrogen and oxygen atoms in total. The first-order valence-electron chi connectivity index (χ1n) is 5.22. The van der Waals surface area contributed by atoms with Gasteiger partial charge in [-0.15, -0.1) is 12.1 Å². The molecule has 4 heteroatoms. The van der Waals surface area contributed by atoms with Gasteiger partial charge < -0.3 is 0 Å². The molecule has 0 saturated heterocycles. The molecule has 0 bridgehead atoms. The molecular weight excluding hydrogens is 287 g/mol. The van der Waals surface area contributed by atoms with Crippen molar-refractivity contribution in [2.45, 2.75) is 0 Å². The molecular formula is C14H11ClFeN2. The third-order valence-corrected chi connectivity index (χ3v) is 2.35. The van der Waals surface area contributed by atoms with Crippen LogP contribution >= 0.6 is 11.6 Å². The van der Waals surface area contributed by atoms with Crippen molar-refractivity contribution in [3.05, 3.63) is 72.1 Å². The molecule has 0 unspecified atom stereocenters. The van der Waals surface area contributed by atoms with Gasteiger partial charge in [0.25, 0.3) is 0 Å². The van der Waals surface area contributed by atoms with Crippen molar-refractivity contribution in [1.29, 1.82) is 0 Å². The van der Waals surface area contributed by atoms with Crippen molar-refractivity contribution in [3.63, 3.8) is 0 Å². The summed E-state index contributed by atoms with van der Waals surface area (Å²) in [4.78, 5) is 7.89. The molecule has 0 saturated carbocycles. The zero-order chi connectivity index (χ0) is 11.9. The fraction of sp³-hybridized carbons (Fsp3) is 0. The Morgan fingerprint density at radius 3 is 2.17 bits per heavy atom. The average Bonchev–Trinajstić information content (AvgIpc) is 3.06. The minimum absolute atomic E-state index is 0. The predicted molar refractivity (Wildman–Crippen MR) is 70.1 cm³/mol. The van der Waals surface area contributed by atoms with Crippen LogP contribution in [0.1, 0.15) is 0 Å². The molecule has 92 valence electrons. The predicted octanol–water partition coefficient (Wildman–Crippen LogP) is 3.92. The van der Waals surface area contributed by atoms with E-state index in [1.165, 1.54) is 6.33 Å². The number of hydrogen-bond donors (Lipinski definition) is 0.